The van der Waals surface area contributed by atoms with Crippen molar-refractivity contribution in [1.29, 1.82) is 0 Å². The minimum absolute atomic E-state index is 0.0463. The molecule has 1 heterocycles. The van der Waals surface area contributed by atoms with E-state index in [2.05, 4.69) is 21.2 Å². The summed E-state index contributed by atoms with van der Waals surface area (Å²) in [5, 5.41) is 2.10. The van der Waals surface area contributed by atoms with Gasteiger partial charge in [0.1, 0.15) is 6.04 Å². The normalized spacial score (nSPS) is 21.3. The van der Waals surface area contributed by atoms with Gasteiger partial charge in [0.25, 0.3) is 0 Å². The van der Waals surface area contributed by atoms with Gasteiger partial charge in [0.05, 0.1) is 11.4 Å². The molecule has 2 amide bonds. The summed E-state index contributed by atoms with van der Waals surface area (Å²) in [4.78, 5) is 22.9. The molecule has 0 aromatic heterocycles. The zero-order chi connectivity index (χ0) is 14.2. The number of piperazine rings is 1. The first-order valence-electron chi connectivity index (χ1n) is 5.43. The number of amides is 2. The van der Waals surface area contributed by atoms with Gasteiger partial charge in [0.2, 0.25) is 21.8 Å². The van der Waals surface area contributed by atoms with Crippen LogP contribution in [0.1, 0.15) is 6.92 Å². The number of hydrogen-bond donors (Lipinski definition) is 1. The van der Waals surface area contributed by atoms with Crippen LogP contribution in [-0.4, -0.2) is 37.1 Å². The highest BCUT2D eigenvalue weighted by Gasteiger charge is 2.38. The fraction of sp³-hybridized carbons (Fsp3) is 0.273. The molecule has 0 bridgehead atoms. The number of hydrogen-bond acceptors (Lipinski definition) is 4. The van der Waals surface area contributed by atoms with Crippen LogP contribution in [0.4, 0.5) is 0 Å². The lowest BCUT2D eigenvalue weighted by molar-refractivity contribution is -0.136. The molecule has 2 rings (SSSR count). The van der Waals surface area contributed by atoms with E-state index < -0.39 is 27.9 Å². The van der Waals surface area contributed by atoms with Crippen LogP contribution < -0.4 is 5.32 Å². The molecule has 1 atom stereocenters. The van der Waals surface area contributed by atoms with Crippen LogP contribution in [-0.2, 0) is 19.6 Å². The SMILES string of the molecule is CC1C(=O)NC(=O)CN1S(=O)(=O)c1ccc(Br)cc1. The third-order valence-electron chi connectivity index (χ3n) is 2.79. The number of benzene rings is 1. The second kappa shape index (κ2) is 5.03. The molecule has 6 nitrogen and oxygen atoms in total. The van der Waals surface area contributed by atoms with Crippen molar-refractivity contribution in [2.24, 2.45) is 0 Å². The van der Waals surface area contributed by atoms with Crippen molar-refractivity contribution in [1.82, 2.24) is 9.62 Å². The molecule has 0 aliphatic carbocycles. The molecule has 1 saturated heterocycles. The van der Waals surface area contributed by atoms with Gasteiger partial charge < -0.3 is 0 Å². The van der Waals surface area contributed by atoms with Crippen LogP contribution in [0, 0.1) is 0 Å². The number of carbonyl (C=O) groups is 2. The van der Waals surface area contributed by atoms with E-state index in [4.69, 9.17) is 0 Å². The molecule has 1 aliphatic rings. The summed E-state index contributed by atoms with van der Waals surface area (Å²) in [5.74, 6) is -1.24. The minimum Gasteiger partial charge on any atom is -0.294 e. The van der Waals surface area contributed by atoms with E-state index in [1.807, 2.05) is 0 Å². The molecule has 1 unspecified atom stereocenters. The number of nitrogens with zero attached hydrogens (tertiary/aromatic N) is 1. The van der Waals surface area contributed by atoms with Crippen molar-refractivity contribution in [3.8, 4) is 0 Å². The number of rotatable bonds is 2. The van der Waals surface area contributed by atoms with Crippen molar-refractivity contribution < 1.29 is 18.0 Å². The Morgan fingerprint density at radius 1 is 1.26 bits per heavy atom. The van der Waals surface area contributed by atoms with Gasteiger partial charge in [-0.3, -0.25) is 14.9 Å². The molecule has 1 N–H and O–H groups in total. The molecule has 102 valence electrons. The summed E-state index contributed by atoms with van der Waals surface area (Å²) < 4.78 is 26.4. The zero-order valence-electron chi connectivity index (χ0n) is 9.96. The third kappa shape index (κ3) is 2.70. The smallest absolute Gasteiger partial charge is 0.244 e. The quantitative estimate of drug-likeness (QED) is 0.789. The van der Waals surface area contributed by atoms with Gasteiger partial charge in [-0.2, -0.15) is 4.31 Å². The summed E-state index contributed by atoms with van der Waals surface area (Å²) in [7, 11) is -3.86. The first kappa shape index (κ1) is 14.2. The first-order valence-corrected chi connectivity index (χ1v) is 7.67. The van der Waals surface area contributed by atoms with Crippen LogP contribution in [0.5, 0.6) is 0 Å². The Kier molecular flexibility index (Phi) is 3.75. The van der Waals surface area contributed by atoms with Crippen molar-refractivity contribution in [2.75, 3.05) is 6.54 Å². The highest BCUT2D eigenvalue weighted by Crippen LogP contribution is 2.21. The zero-order valence-corrected chi connectivity index (χ0v) is 12.4. The van der Waals surface area contributed by atoms with Crippen molar-refractivity contribution in [2.45, 2.75) is 17.9 Å². The van der Waals surface area contributed by atoms with Gasteiger partial charge in [-0.25, -0.2) is 8.42 Å². The maximum atomic E-state index is 12.4. The molecule has 19 heavy (non-hydrogen) atoms. The summed E-state index contributed by atoms with van der Waals surface area (Å²) in [6.45, 7) is 1.09. The molecule has 1 aromatic carbocycles. The number of imide groups is 1. The lowest BCUT2D eigenvalue weighted by Gasteiger charge is -2.30. The standard InChI is InChI=1S/C11H11BrN2O4S/c1-7-11(16)13-10(15)6-14(7)19(17,18)9-4-2-8(12)3-5-9/h2-5,7H,6H2,1H3,(H,13,15,16). The largest absolute Gasteiger partial charge is 0.294 e. The lowest BCUT2D eigenvalue weighted by atomic mass is 10.2. The van der Waals surface area contributed by atoms with E-state index in [0.717, 1.165) is 8.78 Å². The molecule has 1 aromatic rings. The third-order valence-corrected chi connectivity index (χ3v) is 5.25. The molecule has 0 spiro atoms. The fourth-order valence-electron chi connectivity index (χ4n) is 1.73. The molecular formula is C11H11BrN2O4S. The fourth-order valence-corrected chi connectivity index (χ4v) is 3.54. The second-order valence-electron chi connectivity index (χ2n) is 4.09. The monoisotopic (exact) mass is 346 g/mol. The molecular weight excluding hydrogens is 336 g/mol. The van der Waals surface area contributed by atoms with Crippen LogP contribution >= 0.6 is 15.9 Å². The maximum absolute atomic E-state index is 12.4. The highest BCUT2D eigenvalue weighted by atomic mass is 79.9. The van der Waals surface area contributed by atoms with Gasteiger partial charge in [0.15, 0.2) is 0 Å². The van der Waals surface area contributed by atoms with E-state index in [1.54, 1.807) is 12.1 Å². The number of nitrogens with one attached hydrogen (secondary N) is 1. The Morgan fingerprint density at radius 2 is 1.84 bits per heavy atom. The van der Waals surface area contributed by atoms with Gasteiger partial charge in [-0.15, -0.1) is 0 Å². The van der Waals surface area contributed by atoms with Crippen molar-refractivity contribution >= 4 is 37.8 Å². The predicted octanol–water partition coefficient (Wildman–Crippen LogP) is 0.485. The van der Waals surface area contributed by atoms with E-state index >= 15 is 0 Å². The summed E-state index contributed by atoms with van der Waals surface area (Å²) in [6, 6.07) is 5.10. The van der Waals surface area contributed by atoms with Gasteiger partial charge in [-0.05, 0) is 31.2 Å². The van der Waals surface area contributed by atoms with Gasteiger partial charge in [0, 0.05) is 4.47 Å². The Hall–Kier alpha value is -1.25. The summed E-state index contributed by atoms with van der Waals surface area (Å²) in [6.07, 6.45) is 0. The van der Waals surface area contributed by atoms with Crippen LogP contribution in [0.2, 0.25) is 0 Å². The van der Waals surface area contributed by atoms with E-state index in [-0.39, 0.29) is 11.4 Å². The molecule has 0 saturated carbocycles. The van der Waals surface area contributed by atoms with E-state index in [0.29, 0.717) is 0 Å². The van der Waals surface area contributed by atoms with E-state index in [1.165, 1.54) is 19.1 Å². The average molecular weight is 347 g/mol. The van der Waals surface area contributed by atoms with Crippen LogP contribution in [0.15, 0.2) is 33.6 Å². The van der Waals surface area contributed by atoms with E-state index in [9.17, 15) is 18.0 Å². The minimum atomic E-state index is -3.86. The van der Waals surface area contributed by atoms with Gasteiger partial charge in [-0.1, -0.05) is 15.9 Å². The Labute approximate surface area is 119 Å². The Balaban J connectivity index is 2.41. The Morgan fingerprint density at radius 3 is 2.42 bits per heavy atom. The summed E-state index contributed by atoms with van der Waals surface area (Å²) >= 11 is 3.21. The number of carbonyl (C=O) groups excluding carboxylic acids is 2. The van der Waals surface area contributed by atoms with Gasteiger partial charge >= 0.3 is 0 Å². The maximum Gasteiger partial charge on any atom is 0.244 e. The van der Waals surface area contributed by atoms with Crippen molar-refractivity contribution in [3.05, 3.63) is 28.7 Å². The highest BCUT2D eigenvalue weighted by molar-refractivity contribution is 9.10. The van der Waals surface area contributed by atoms with Crippen LogP contribution in [0.3, 0.4) is 0 Å². The number of halogens is 1. The Bertz CT molecular complexity index is 627. The summed E-state index contributed by atoms with van der Waals surface area (Å²) in [5.41, 5.74) is 0. The molecule has 8 heteroatoms. The van der Waals surface area contributed by atoms with Crippen LogP contribution in [0.25, 0.3) is 0 Å². The average Bonchev–Trinajstić information content (AvgIpc) is 2.34. The second-order valence-corrected chi connectivity index (χ2v) is 6.90. The lowest BCUT2D eigenvalue weighted by Crippen LogP contribution is -2.58. The number of sulfonamides is 1. The molecule has 1 aliphatic heterocycles. The topological polar surface area (TPSA) is 83.6 Å². The first-order chi connectivity index (χ1) is 8.82. The molecule has 0 radical (unpaired) electrons. The molecule has 1 fully saturated rings. The van der Waals surface area contributed by atoms with Crippen molar-refractivity contribution in [3.63, 3.8) is 0 Å². The predicted molar refractivity (Wildman–Crippen MR) is 70.6 cm³/mol.